The Kier molecular flexibility index (Phi) is 2.56. The summed E-state index contributed by atoms with van der Waals surface area (Å²) in [6.07, 6.45) is 2.24. The first-order valence-electron chi connectivity index (χ1n) is 6.15. The van der Waals surface area contributed by atoms with Crippen molar-refractivity contribution in [3.05, 3.63) is 48.2 Å². The molecule has 2 heterocycles. The molecule has 1 N–H and O–H groups in total. The van der Waals surface area contributed by atoms with Crippen LogP contribution in [0.4, 0.5) is 5.69 Å². The van der Waals surface area contributed by atoms with E-state index in [-0.39, 0.29) is 0 Å². The van der Waals surface area contributed by atoms with E-state index in [9.17, 15) is 0 Å². The SMILES string of the molecule is C[C@@H]1CCc2nc(-c3ccccc3)ccc2N1. The van der Waals surface area contributed by atoms with Crippen LogP contribution in [0.25, 0.3) is 11.3 Å². The zero-order valence-corrected chi connectivity index (χ0v) is 9.98. The minimum absolute atomic E-state index is 0.562. The first-order valence-corrected chi connectivity index (χ1v) is 6.15. The van der Waals surface area contributed by atoms with Crippen LogP contribution in [-0.4, -0.2) is 11.0 Å². The second-order valence-electron chi connectivity index (χ2n) is 4.64. The van der Waals surface area contributed by atoms with Crippen LogP contribution in [0.3, 0.4) is 0 Å². The van der Waals surface area contributed by atoms with Gasteiger partial charge in [0.2, 0.25) is 0 Å². The number of rotatable bonds is 1. The van der Waals surface area contributed by atoms with Crippen molar-refractivity contribution in [3.63, 3.8) is 0 Å². The molecule has 0 unspecified atom stereocenters. The molecule has 1 aromatic carbocycles. The molecule has 1 aliphatic rings. The van der Waals surface area contributed by atoms with Crippen molar-refractivity contribution in [1.29, 1.82) is 0 Å². The van der Waals surface area contributed by atoms with E-state index >= 15 is 0 Å². The number of hydrogen-bond acceptors (Lipinski definition) is 2. The van der Waals surface area contributed by atoms with Crippen LogP contribution >= 0.6 is 0 Å². The first-order chi connectivity index (χ1) is 8.33. The summed E-state index contributed by atoms with van der Waals surface area (Å²) >= 11 is 0. The molecular formula is C15H16N2. The van der Waals surface area contributed by atoms with Gasteiger partial charge in [-0.25, -0.2) is 0 Å². The van der Waals surface area contributed by atoms with Gasteiger partial charge < -0.3 is 5.32 Å². The molecule has 17 heavy (non-hydrogen) atoms. The number of nitrogens with zero attached hydrogens (tertiary/aromatic N) is 1. The highest BCUT2D eigenvalue weighted by molar-refractivity contribution is 5.63. The van der Waals surface area contributed by atoms with Crippen LogP contribution in [0.15, 0.2) is 42.5 Å². The average molecular weight is 224 g/mol. The zero-order valence-electron chi connectivity index (χ0n) is 9.98. The van der Waals surface area contributed by atoms with Crippen molar-refractivity contribution in [3.8, 4) is 11.3 Å². The summed E-state index contributed by atoms with van der Waals surface area (Å²) in [6, 6.07) is 15.2. The maximum atomic E-state index is 4.76. The van der Waals surface area contributed by atoms with E-state index in [0.29, 0.717) is 6.04 Å². The van der Waals surface area contributed by atoms with Gasteiger partial charge in [0.1, 0.15) is 0 Å². The van der Waals surface area contributed by atoms with Crippen LogP contribution in [0.5, 0.6) is 0 Å². The number of anilines is 1. The van der Waals surface area contributed by atoms with Gasteiger partial charge in [-0.05, 0) is 31.9 Å². The molecule has 0 radical (unpaired) electrons. The van der Waals surface area contributed by atoms with Gasteiger partial charge in [0.05, 0.1) is 17.1 Å². The molecule has 2 aromatic rings. The maximum absolute atomic E-state index is 4.76. The van der Waals surface area contributed by atoms with Gasteiger partial charge in [-0.3, -0.25) is 4.98 Å². The Bertz CT molecular complexity index is 520. The van der Waals surface area contributed by atoms with Crippen molar-refractivity contribution in [2.24, 2.45) is 0 Å². The smallest absolute Gasteiger partial charge is 0.0706 e. The topological polar surface area (TPSA) is 24.9 Å². The lowest BCUT2D eigenvalue weighted by atomic mass is 10.0. The molecule has 3 rings (SSSR count). The number of benzene rings is 1. The standard InChI is InChI=1S/C15H16N2/c1-11-7-8-15-14(16-11)10-9-13(17-15)12-5-3-2-4-6-12/h2-6,9-11,16H,7-8H2,1H3/t11-/m1/s1. The van der Waals surface area contributed by atoms with E-state index in [4.69, 9.17) is 4.98 Å². The minimum Gasteiger partial charge on any atom is -0.381 e. The zero-order chi connectivity index (χ0) is 11.7. The van der Waals surface area contributed by atoms with Crippen LogP contribution in [0, 0.1) is 0 Å². The second kappa shape index (κ2) is 4.21. The van der Waals surface area contributed by atoms with E-state index < -0.39 is 0 Å². The molecule has 2 nitrogen and oxygen atoms in total. The highest BCUT2D eigenvalue weighted by Gasteiger charge is 2.15. The number of nitrogens with one attached hydrogen (secondary N) is 1. The summed E-state index contributed by atoms with van der Waals surface area (Å²) in [4.78, 5) is 4.76. The number of hydrogen-bond donors (Lipinski definition) is 1. The van der Waals surface area contributed by atoms with Crippen LogP contribution < -0.4 is 5.32 Å². The van der Waals surface area contributed by atoms with Gasteiger partial charge >= 0.3 is 0 Å². The summed E-state index contributed by atoms with van der Waals surface area (Å²) in [5.41, 5.74) is 4.66. The van der Waals surface area contributed by atoms with Crippen molar-refractivity contribution < 1.29 is 0 Å². The molecule has 86 valence electrons. The third kappa shape index (κ3) is 2.03. The molecule has 1 atom stereocenters. The molecule has 1 aromatic heterocycles. The molecule has 0 spiro atoms. The van der Waals surface area contributed by atoms with Crippen molar-refractivity contribution in [2.75, 3.05) is 5.32 Å². The van der Waals surface area contributed by atoms with Crippen molar-refractivity contribution in [1.82, 2.24) is 4.98 Å². The predicted molar refractivity (Wildman–Crippen MR) is 71.1 cm³/mol. The van der Waals surface area contributed by atoms with Crippen LogP contribution in [0.2, 0.25) is 0 Å². The lowest BCUT2D eigenvalue weighted by Crippen LogP contribution is -2.22. The molecule has 2 heteroatoms. The summed E-state index contributed by atoms with van der Waals surface area (Å²) in [5.74, 6) is 0. The Labute approximate surface area is 102 Å². The molecule has 0 saturated heterocycles. The highest BCUT2D eigenvalue weighted by Crippen LogP contribution is 2.26. The Hall–Kier alpha value is -1.83. The monoisotopic (exact) mass is 224 g/mol. The van der Waals surface area contributed by atoms with Gasteiger partial charge in [0.15, 0.2) is 0 Å². The van der Waals surface area contributed by atoms with E-state index in [1.54, 1.807) is 0 Å². The van der Waals surface area contributed by atoms with E-state index in [1.807, 2.05) is 6.07 Å². The fraction of sp³-hybridized carbons (Fsp3) is 0.267. The van der Waals surface area contributed by atoms with Gasteiger partial charge in [-0.1, -0.05) is 30.3 Å². The van der Waals surface area contributed by atoms with E-state index in [1.165, 1.54) is 16.9 Å². The summed E-state index contributed by atoms with van der Waals surface area (Å²) in [5, 5.41) is 3.48. The summed E-state index contributed by atoms with van der Waals surface area (Å²) in [7, 11) is 0. The molecule has 0 saturated carbocycles. The lowest BCUT2D eigenvalue weighted by Gasteiger charge is -2.23. The van der Waals surface area contributed by atoms with Crippen molar-refractivity contribution >= 4 is 5.69 Å². The fourth-order valence-electron chi connectivity index (χ4n) is 2.28. The normalized spacial score (nSPS) is 18.3. The second-order valence-corrected chi connectivity index (χ2v) is 4.64. The average Bonchev–Trinajstić information content (AvgIpc) is 2.39. The van der Waals surface area contributed by atoms with Crippen molar-refractivity contribution in [2.45, 2.75) is 25.8 Å². The summed E-state index contributed by atoms with van der Waals surface area (Å²) in [6.45, 7) is 2.22. The molecular weight excluding hydrogens is 208 g/mol. The van der Waals surface area contributed by atoms with Gasteiger partial charge in [-0.15, -0.1) is 0 Å². The molecule has 0 bridgehead atoms. The molecule has 1 aliphatic heterocycles. The Balaban J connectivity index is 1.99. The molecule has 0 fully saturated rings. The molecule has 0 amide bonds. The minimum atomic E-state index is 0.562. The number of pyridine rings is 1. The van der Waals surface area contributed by atoms with Crippen LogP contribution in [0.1, 0.15) is 19.0 Å². The maximum Gasteiger partial charge on any atom is 0.0706 e. The number of fused-ring (bicyclic) bond motifs is 1. The number of aromatic nitrogens is 1. The Morgan fingerprint density at radius 1 is 1.12 bits per heavy atom. The van der Waals surface area contributed by atoms with Gasteiger partial charge in [0, 0.05) is 11.6 Å². The van der Waals surface area contributed by atoms with Gasteiger partial charge in [0.25, 0.3) is 0 Å². The summed E-state index contributed by atoms with van der Waals surface area (Å²) < 4.78 is 0. The highest BCUT2D eigenvalue weighted by atomic mass is 15.0. The predicted octanol–water partition coefficient (Wildman–Crippen LogP) is 3.50. The lowest BCUT2D eigenvalue weighted by molar-refractivity contribution is 0.668. The number of aryl methyl sites for hydroxylation is 1. The first kappa shape index (κ1) is 10.3. The third-order valence-electron chi connectivity index (χ3n) is 3.26. The Morgan fingerprint density at radius 3 is 2.76 bits per heavy atom. The quantitative estimate of drug-likeness (QED) is 0.802. The fourth-order valence-corrected chi connectivity index (χ4v) is 2.28. The van der Waals surface area contributed by atoms with E-state index in [0.717, 1.165) is 18.5 Å². The van der Waals surface area contributed by atoms with E-state index in [2.05, 4.69) is 48.6 Å². The molecule has 0 aliphatic carbocycles. The largest absolute Gasteiger partial charge is 0.381 e. The van der Waals surface area contributed by atoms with Crippen LogP contribution in [-0.2, 0) is 6.42 Å². The van der Waals surface area contributed by atoms with Gasteiger partial charge in [-0.2, -0.15) is 0 Å². The third-order valence-corrected chi connectivity index (χ3v) is 3.26. The Morgan fingerprint density at radius 2 is 1.94 bits per heavy atom.